The minimum Gasteiger partial charge on any atom is -0.398 e. The van der Waals surface area contributed by atoms with Crippen LogP contribution in [0.4, 0.5) is 10.1 Å². The van der Waals surface area contributed by atoms with Gasteiger partial charge in [0.1, 0.15) is 5.82 Å². The van der Waals surface area contributed by atoms with Gasteiger partial charge >= 0.3 is 0 Å². The predicted octanol–water partition coefficient (Wildman–Crippen LogP) is 2.63. The van der Waals surface area contributed by atoms with Crippen molar-refractivity contribution in [2.24, 2.45) is 0 Å². The molecule has 1 rings (SSSR count). The van der Waals surface area contributed by atoms with Crippen LogP contribution in [0.2, 0.25) is 0 Å². The zero-order chi connectivity index (χ0) is 10.0. The Hall–Kier alpha value is -1.16. The Labute approximate surface area is 83.4 Å². The first-order chi connectivity index (χ1) is 6.11. The van der Waals surface area contributed by atoms with Crippen LogP contribution < -0.4 is 5.73 Å². The van der Waals surface area contributed by atoms with Gasteiger partial charge in [-0.1, -0.05) is 12.7 Å². The fourth-order valence-electron chi connectivity index (χ4n) is 0.977. The summed E-state index contributed by atoms with van der Waals surface area (Å²) >= 11 is 3.01. The maximum Gasteiger partial charge on any atom is 0.152 e. The molecule has 0 spiro atoms. The van der Waals surface area contributed by atoms with Gasteiger partial charge in [-0.15, -0.1) is 0 Å². The minimum absolute atomic E-state index is 0.135. The molecule has 1 aromatic carbocycles. The molecule has 4 heteroatoms. The van der Waals surface area contributed by atoms with Crippen LogP contribution in [0.15, 0.2) is 17.1 Å². The van der Waals surface area contributed by atoms with Gasteiger partial charge in [-0.25, -0.2) is 4.39 Å². The molecule has 0 aliphatic carbocycles. The largest absolute Gasteiger partial charge is 0.398 e. The average Bonchev–Trinajstić information content (AvgIpc) is 2.12. The SMILES string of the molecule is C=Cc1c(N)c(C=O)cc(F)c1Br. The van der Waals surface area contributed by atoms with Gasteiger partial charge in [-0.05, 0) is 22.0 Å². The summed E-state index contributed by atoms with van der Waals surface area (Å²) in [5.74, 6) is -0.522. The van der Waals surface area contributed by atoms with Crippen molar-refractivity contribution in [3.63, 3.8) is 0 Å². The molecule has 2 N–H and O–H groups in total. The van der Waals surface area contributed by atoms with Crippen LogP contribution >= 0.6 is 15.9 Å². The molecule has 0 saturated carbocycles. The van der Waals surface area contributed by atoms with E-state index in [0.717, 1.165) is 6.07 Å². The molecular formula is C9H7BrFNO. The molecule has 0 heterocycles. The molecule has 0 unspecified atom stereocenters. The van der Waals surface area contributed by atoms with Crippen LogP contribution in [0.1, 0.15) is 15.9 Å². The molecule has 2 nitrogen and oxygen atoms in total. The number of benzene rings is 1. The molecule has 13 heavy (non-hydrogen) atoms. The summed E-state index contributed by atoms with van der Waals surface area (Å²) in [4.78, 5) is 10.5. The van der Waals surface area contributed by atoms with Crippen molar-refractivity contribution in [3.05, 3.63) is 34.1 Å². The lowest BCUT2D eigenvalue weighted by Gasteiger charge is -2.06. The van der Waals surface area contributed by atoms with Crippen LogP contribution in [-0.4, -0.2) is 6.29 Å². The van der Waals surface area contributed by atoms with Crippen molar-refractivity contribution in [2.75, 3.05) is 5.73 Å². The van der Waals surface area contributed by atoms with E-state index in [1.54, 1.807) is 0 Å². The Balaban J connectivity index is 3.56. The maximum atomic E-state index is 13.1. The molecule has 0 bridgehead atoms. The number of halogens is 2. The van der Waals surface area contributed by atoms with Gasteiger partial charge in [0.05, 0.1) is 10.2 Å². The highest BCUT2D eigenvalue weighted by Crippen LogP contribution is 2.29. The Kier molecular flexibility index (Phi) is 2.83. The second-order valence-corrected chi connectivity index (χ2v) is 3.20. The number of hydrogen-bond donors (Lipinski definition) is 1. The molecule has 1 aromatic rings. The maximum absolute atomic E-state index is 13.1. The van der Waals surface area contributed by atoms with E-state index >= 15 is 0 Å². The zero-order valence-corrected chi connectivity index (χ0v) is 8.27. The van der Waals surface area contributed by atoms with Crippen LogP contribution in [0, 0.1) is 5.82 Å². The third-order valence-corrected chi connectivity index (χ3v) is 2.47. The summed E-state index contributed by atoms with van der Waals surface area (Å²) in [6, 6.07) is 1.08. The first-order valence-electron chi connectivity index (χ1n) is 3.47. The normalized spacial score (nSPS) is 9.69. The van der Waals surface area contributed by atoms with Crippen molar-refractivity contribution in [2.45, 2.75) is 0 Å². The zero-order valence-electron chi connectivity index (χ0n) is 6.68. The first-order valence-corrected chi connectivity index (χ1v) is 4.26. The van der Waals surface area contributed by atoms with Gasteiger partial charge in [0.15, 0.2) is 6.29 Å². The molecule has 0 atom stereocenters. The third-order valence-electron chi connectivity index (χ3n) is 1.66. The van der Waals surface area contributed by atoms with Crippen molar-refractivity contribution >= 4 is 34.0 Å². The van der Waals surface area contributed by atoms with Gasteiger partial charge in [-0.2, -0.15) is 0 Å². The summed E-state index contributed by atoms with van der Waals surface area (Å²) in [5.41, 5.74) is 6.35. The number of rotatable bonds is 2. The van der Waals surface area contributed by atoms with Gasteiger partial charge in [0, 0.05) is 11.1 Å². The molecule has 68 valence electrons. The summed E-state index contributed by atoms with van der Waals surface area (Å²) < 4.78 is 13.3. The number of nitrogens with two attached hydrogens (primary N) is 1. The Bertz CT molecular complexity index is 376. The quantitative estimate of drug-likeness (QED) is 0.641. The van der Waals surface area contributed by atoms with E-state index in [1.807, 2.05) is 0 Å². The van der Waals surface area contributed by atoms with E-state index < -0.39 is 5.82 Å². The molecule has 0 fully saturated rings. The highest BCUT2D eigenvalue weighted by molar-refractivity contribution is 9.10. The van der Waals surface area contributed by atoms with Crippen molar-refractivity contribution in [1.29, 1.82) is 0 Å². The van der Waals surface area contributed by atoms with Gasteiger partial charge in [0.2, 0.25) is 0 Å². The second kappa shape index (κ2) is 3.70. The van der Waals surface area contributed by atoms with Crippen molar-refractivity contribution < 1.29 is 9.18 Å². The van der Waals surface area contributed by atoms with Gasteiger partial charge in [-0.3, -0.25) is 4.79 Å². The number of aldehydes is 1. The van der Waals surface area contributed by atoms with Crippen molar-refractivity contribution in [1.82, 2.24) is 0 Å². The highest BCUT2D eigenvalue weighted by Gasteiger charge is 2.11. The number of anilines is 1. The van der Waals surface area contributed by atoms with Crippen LogP contribution in [0.5, 0.6) is 0 Å². The Morgan fingerprint density at radius 2 is 2.23 bits per heavy atom. The smallest absolute Gasteiger partial charge is 0.152 e. The van der Waals surface area contributed by atoms with Crippen molar-refractivity contribution in [3.8, 4) is 0 Å². The summed E-state index contributed by atoms with van der Waals surface area (Å²) in [6.07, 6.45) is 1.91. The average molecular weight is 244 g/mol. The third kappa shape index (κ3) is 1.62. The predicted molar refractivity (Wildman–Crippen MR) is 54.0 cm³/mol. The number of nitrogen functional groups attached to an aromatic ring is 1. The van der Waals surface area contributed by atoms with E-state index in [0.29, 0.717) is 11.8 Å². The Morgan fingerprint density at radius 1 is 1.62 bits per heavy atom. The Morgan fingerprint density at radius 3 is 2.69 bits per heavy atom. The molecule has 0 radical (unpaired) electrons. The van der Waals surface area contributed by atoms with Gasteiger partial charge in [0.25, 0.3) is 0 Å². The highest BCUT2D eigenvalue weighted by atomic mass is 79.9. The molecule has 0 aromatic heterocycles. The topological polar surface area (TPSA) is 43.1 Å². The molecular weight excluding hydrogens is 237 g/mol. The molecule has 0 aliphatic rings. The standard InChI is InChI=1S/C9H7BrFNO/c1-2-6-8(10)7(11)3-5(4-13)9(6)12/h2-4H,1,12H2. The molecule has 0 amide bonds. The van der Waals surface area contributed by atoms with E-state index in [9.17, 15) is 9.18 Å². The van der Waals surface area contributed by atoms with Crippen LogP contribution in [0.3, 0.4) is 0 Å². The fraction of sp³-hybridized carbons (Fsp3) is 0. The lowest BCUT2D eigenvalue weighted by Crippen LogP contribution is -1.99. The number of carbonyl (C=O) groups is 1. The lowest BCUT2D eigenvalue weighted by atomic mass is 10.1. The number of hydrogen-bond acceptors (Lipinski definition) is 2. The van der Waals surface area contributed by atoms with E-state index in [1.165, 1.54) is 6.08 Å². The minimum atomic E-state index is -0.522. The van der Waals surface area contributed by atoms with Crippen LogP contribution in [0.25, 0.3) is 6.08 Å². The van der Waals surface area contributed by atoms with Crippen LogP contribution in [-0.2, 0) is 0 Å². The summed E-state index contributed by atoms with van der Waals surface area (Å²) in [5, 5.41) is 0. The molecule has 0 aliphatic heterocycles. The summed E-state index contributed by atoms with van der Waals surface area (Å²) in [6.45, 7) is 3.48. The summed E-state index contributed by atoms with van der Waals surface area (Å²) in [7, 11) is 0. The van der Waals surface area contributed by atoms with E-state index in [2.05, 4.69) is 22.5 Å². The first kappa shape index (κ1) is 9.92. The number of carbonyl (C=O) groups excluding carboxylic acids is 1. The fourth-order valence-corrected chi connectivity index (χ4v) is 1.47. The molecule has 0 saturated heterocycles. The van der Waals surface area contributed by atoms with E-state index in [4.69, 9.17) is 5.73 Å². The monoisotopic (exact) mass is 243 g/mol. The van der Waals surface area contributed by atoms with E-state index in [-0.39, 0.29) is 15.7 Å². The lowest BCUT2D eigenvalue weighted by molar-refractivity contribution is 0.112. The second-order valence-electron chi connectivity index (χ2n) is 2.41. The van der Waals surface area contributed by atoms with Gasteiger partial charge < -0.3 is 5.73 Å².